The SMILES string of the molecule is Cn1cc([C@H](NC(=O)c2cc(C3CC3)[nH]n2)C2CC(O)C2)cn1. The van der Waals surface area contributed by atoms with Gasteiger partial charge in [0.25, 0.3) is 5.91 Å². The van der Waals surface area contributed by atoms with E-state index >= 15 is 0 Å². The molecular weight excluding hydrogens is 294 g/mol. The zero-order valence-electron chi connectivity index (χ0n) is 13.1. The van der Waals surface area contributed by atoms with Crippen LogP contribution in [0.25, 0.3) is 0 Å². The molecule has 122 valence electrons. The Hall–Kier alpha value is -2.15. The summed E-state index contributed by atoms with van der Waals surface area (Å²) in [7, 11) is 1.85. The molecule has 7 heteroatoms. The smallest absolute Gasteiger partial charge is 0.272 e. The van der Waals surface area contributed by atoms with Gasteiger partial charge in [-0.05, 0) is 37.7 Å². The minimum absolute atomic E-state index is 0.138. The average Bonchev–Trinajstić information content (AvgIpc) is 3.06. The Balaban J connectivity index is 1.50. The standard InChI is InChI=1S/C16H21N5O2/c1-21-8-11(7-17-21)15(10-4-12(22)5-10)18-16(23)14-6-13(19-20-14)9-2-3-9/h6-10,12,15,22H,2-5H2,1H3,(H,18,23)(H,19,20)/t10?,12?,15-/m1/s1. The van der Waals surface area contributed by atoms with Crippen LogP contribution in [0, 0.1) is 5.92 Å². The van der Waals surface area contributed by atoms with Gasteiger partial charge in [0.05, 0.1) is 18.3 Å². The highest BCUT2D eigenvalue weighted by atomic mass is 16.3. The van der Waals surface area contributed by atoms with Gasteiger partial charge in [0.15, 0.2) is 0 Å². The summed E-state index contributed by atoms with van der Waals surface area (Å²) < 4.78 is 1.73. The van der Waals surface area contributed by atoms with Gasteiger partial charge in [0.1, 0.15) is 5.69 Å². The maximum atomic E-state index is 12.5. The van der Waals surface area contributed by atoms with Crippen molar-refractivity contribution in [3.8, 4) is 0 Å². The number of H-pyrrole nitrogens is 1. The summed E-state index contributed by atoms with van der Waals surface area (Å²) in [6.07, 6.45) is 7.17. The normalized spacial score (nSPS) is 25.0. The summed E-state index contributed by atoms with van der Waals surface area (Å²) in [5.74, 6) is 0.600. The summed E-state index contributed by atoms with van der Waals surface area (Å²) in [5, 5.41) is 24.0. The van der Waals surface area contributed by atoms with E-state index in [1.54, 1.807) is 10.9 Å². The molecule has 2 fully saturated rings. The van der Waals surface area contributed by atoms with Crippen LogP contribution < -0.4 is 5.32 Å². The maximum Gasteiger partial charge on any atom is 0.272 e. The second-order valence-electron chi connectivity index (χ2n) is 6.77. The maximum absolute atomic E-state index is 12.5. The second-order valence-corrected chi connectivity index (χ2v) is 6.77. The Morgan fingerprint density at radius 3 is 2.87 bits per heavy atom. The molecule has 0 radical (unpaired) electrons. The Morgan fingerprint density at radius 2 is 2.26 bits per heavy atom. The molecule has 2 heterocycles. The van der Waals surface area contributed by atoms with E-state index in [4.69, 9.17) is 0 Å². The third-order valence-corrected chi connectivity index (χ3v) is 4.84. The van der Waals surface area contributed by atoms with Gasteiger partial charge in [-0.2, -0.15) is 10.2 Å². The lowest BCUT2D eigenvalue weighted by Gasteiger charge is -2.37. The molecule has 0 aromatic carbocycles. The average molecular weight is 315 g/mol. The van der Waals surface area contributed by atoms with E-state index in [1.807, 2.05) is 19.3 Å². The number of rotatable bonds is 5. The molecule has 7 nitrogen and oxygen atoms in total. The van der Waals surface area contributed by atoms with Crippen molar-refractivity contribution in [2.45, 2.75) is 43.7 Å². The fourth-order valence-corrected chi connectivity index (χ4v) is 3.25. The zero-order chi connectivity index (χ0) is 16.0. The Kier molecular flexibility index (Phi) is 3.45. The summed E-state index contributed by atoms with van der Waals surface area (Å²) in [5.41, 5.74) is 2.45. The third-order valence-electron chi connectivity index (χ3n) is 4.84. The predicted molar refractivity (Wildman–Crippen MR) is 82.7 cm³/mol. The highest BCUT2D eigenvalue weighted by Gasteiger charge is 2.36. The van der Waals surface area contributed by atoms with Gasteiger partial charge >= 0.3 is 0 Å². The number of aliphatic hydroxyl groups is 1. The van der Waals surface area contributed by atoms with E-state index in [0.717, 1.165) is 11.3 Å². The van der Waals surface area contributed by atoms with Crippen LogP contribution in [0.2, 0.25) is 0 Å². The number of aliphatic hydroxyl groups excluding tert-OH is 1. The quantitative estimate of drug-likeness (QED) is 0.774. The molecule has 1 atom stereocenters. The van der Waals surface area contributed by atoms with E-state index < -0.39 is 0 Å². The van der Waals surface area contributed by atoms with Crippen LogP contribution in [0.3, 0.4) is 0 Å². The van der Waals surface area contributed by atoms with E-state index in [2.05, 4.69) is 20.6 Å². The van der Waals surface area contributed by atoms with E-state index in [0.29, 0.717) is 24.5 Å². The lowest BCUT2D eigenvalue weighted by molar-refractivity contribution is 0.0234. The van der Waals surface area contributed by atoms with Crippen molar-refractivity contribution in [3.63, 3.8) is 0 Å². The van der Waals surface area contributed by atoms with E-state index in [-0.39, 0.29) is 24.0 Å². The number of hydrogen-bond donors (Lipinski definition) is 3. The molecule has 2 aliphatic rings. The molecule has 0 aliphatic heterocycles. The molecule has 2 saturated carbocycles. The van der Waals surface area contributed by atoms with Crippen molar-refractivity contribution in [2.75, 3.05) is 0 Å². The van der Waals surface area contributed by atoms with Crippen molar-refractivity contribution < 1.29 is 9.90 Å². The minimum Gasteiger partial charge on any atom is -0.393 e. The molecule has 0 bridgehead atoms. The number of nitrogens with one attached hydrogen (secondary N) is 2. The number of aromatic amines is 1. The summed E-state index contributed by atoms with van der Waals surface area (Å²) in [6.45, 7) is 0. The molecular formula is C16H21N5O2. The third kappa shape index (κ3) is 2.88. The topological polar surface area (TPSA) is 95.8 Å². The van der Waals surface area contributed by atoms with Crippen molar-refractivity contribution in [3.05, 3.63) is 35.4 Å². The van der Waals surface area contributed by atoms with Gasteiger partial charge in [-0.3, -0.25) is 14.6 Å². The lowest BCUT2D eigenvalue weighted by Crippen LogP contribution is -2.41. The number of aromatic nitrogens is 4. The monoisotopic (exact) mass is 315 g/mol. The van der Waals surface area contributed by atoms with Gasteiger partial charge in [-0.1, -0.05) is 0 Å². The molecule has 1 amide bonds. The van der Waals surface area contributed by atoms with Crippen molar-refractivity contribution in [2.24, 2.45) is 13.0 Å². The molecule has 0 spiro atoms. The number of carbonyl (C=O) groups is 1. The molecule has 2 aromatic rings. The molecule has 2 aliphatic carbocycles. The number of amides is 1. The van der Waals surface area contributed by atoms with Crippen LogP contribution in [0.5, 0.6) is 0 Å². The largest absolute Gasteiger partial charge is 0.393 e. The van der Waals surface area contributed by atoms with Crippen molar-refractivity contribution in [1.82, 2.24) is 25.3 Å². The van der Waals surface area contributed by atoms with Gasteiger partial charge in [0.2, 0.25) is 0 Å². The first-order chi connectivity index (χ1) is 11.1. The highest BCUT2D eigenvalue weighted by molar-refractivity contribution is 5.92. The molecule has 23 heavy (non-hydrogen) atoms. The fraction of sp³-hybridized carbons (Fsp3) is 0.562. The number of hydrogen-bond acceptors (Lipinski definition) is 4. The Labute approximate surface area is 134 Å². The van der Waals surface area contributed by atoms with Crippen molar-refractivity contribution >= 4 is 5.91 Å². The Bertz CT molecular complexity index is 712. The fourth-order valence-electron chi connectivity index (χ4n) is 3.25. The van der Waals surface area contributed by atoms with Gasteiger partial charge in [-0.25, -0.2) is 0 Å². The number of aryl methyl sites for hydroxylation is 1. The van der Waals surface area contributed by atoms with E-state index in [1.165, 1.54) is 12.8 Å². The molecule has 0 unspecified atom stereocenters. The Morgan fingerprint density at radius 1 is 1.48 bits per heavy atom. The highest BCUT2D eigenvalue weighted by Crippen LogP contribution is 2.40. The van der Waals surface area contributed by atoms with Gasteiger partial charge in [-0.15, -0.1) is 0 Å². The first-order valence-corrected chi connectivity index (χ1v) is 8.13. The zero-order valence-corrected chi connectivity index (χ0v) is 13.1. The van der Waals surface area contributed by atoms with E-state index in [9.17, 15) is 9.90 Å². The minimum atomic E-state index is -0.261. The molecule has 3 N–H and O–H groups in total. The van der Waals surface area contributed by atoms with Crippen LogP contribution >= 0.6 is 0 Å². The predicted octanol–water partition coefficient (Wildman–Crippen LogP) is 1.26. The summed E-state index contributed by atoms with van der Waals surface area (Å²) in [6, 6.07) is 1.71. The first kappa shape index (κ1) is 14.4. The molecule has 4 rings (SSSR count). The van der Waals surface area contributed by atoms with Crippen LogP contribution in [0.1, 0.15) is 59.4 Å². The lowest BCUT2D eigenvalue weighted by atomic mass is 9.75. The van der Waals surface area contributed by atoms with Crippen LogP contribution in [0.15, 0.2) is 18.5 Å². The molecule has 0 saturated heterocycles. The number of nitrogens with zero attached hydrogens (tertiary/aromatic N) is 3. The van der Waals surface area contributed by atoms with Gasteiger partial charge in [0, 0.05) is 30.4 Å². The second kappa shape index (κ2) is 5.49. The summed E-state index contributed by atoms with van der Waals surface area (Å²) in [4.78, 5) is 12.5. The van der Waals surface area contributed by atoms with Crippen LogP contribution in [-0.4, -0.2) is 37.1 Å². The molecule has 2 aromatic heterocycles. The van der Waals surface area contributed by atoms with Gasteiger partial charge < -0.3 is 10.4 Å². The van der Waals surface area contributed by atoms with Crippen molar-refractivity contribution in [1.29, 1.82) is 0 Å². The van der Waals surface area contributed by atoms with Crippen LogP contribution in [0.4, 0.5) is 0 Å². The number of carbonyl (C=O) groups excluding carboxylic acids is 1. The summed E-state index contributed by atoms with van der Waals surface area (Å²) >= 11 is 0. The first-order valence-electron chi connectivity index (χ1n) is 8.13. The van der Waals surface area contributed by atoms with Crippen LogP contribution in [-0.2, 0) is 7.05 Å².